The molecule has 0 aliphatic carbocycles. The minimum Gasteiger partial charge on any atom is -0.478 e. The van der Waals surface area contributed by atoms with Gasteiger partial charge in [-0.3, -0.25) is 0 Å². The number of anilines is 2. The summed E-state index contributed by atoms with van der Waals surface area (Å²) < 4.78 is 5.30. The highest BCUT2D eigenvalue weighted by Crippen LogP contribution is 2.22. The molecule has 0 unspecified atom stereocenters. The van der Waals surface area contributed by atoms with Crippen LogP contribution in [0.3, 0.4) is 0 Å². The van der Waals surface area contributed by atoms with Crippen LogP contribution < -0.4 is 11.1 Å². The lowest BCUT2D eigenvalue weighted by Crippen LogP contribution is -2.29. The molecule has 0 amide bonds. The van der Waals surface area contributed by atoms with Crippen molar-refractivity contribution in [1.82, 2.24) is 9.97 Å². The standard InChI is InChI=1S/C13H18N4O3/c1-8-10(2-3-11(18)19)12(17-13(14)15-8)16-9-4-6-20-7-5-9/h2-3,9H,4-7H2,1H3,(H,18,19)(H3,14,15,16,17). The first-order valence-electron chi connectivity index (χ1n) is 6.45. The van der Waals surface area contributed by atoms with Crippen LogP contribution >= 0.6 is 0 Å². The Kier molecular flexibility index (Phi) is 4.52. The molecular formula is C13H18N4O3. The predicted molar refractivity (Wildman–Crippen MR) is 75.3 cm³/mol. The first-order valence-corrected chi connectivity index (χ1v) is 6.45. The molecule has 20 heavy (non-hydrogen) atoms. The number of carboxylic acid groups (broad SMARTS) is 1. The molecule has 0 aromatic carbocycles. The molecule has 0 atom stereocenters. The number of nitrogens with zero attached hydrogens (tertiary/aromatic N) is 2. The number of nitrogens with two attached hydrogens (primary N) is 1. The van der Waals surface area contributed by atoms with E-state index in [9.17, 15) is 4.79 Å². The molecule has 1 aromatic heterocycles. The van der Waals surface area contributed by atoms with E-state index in [1.165, 1.54) is 6.08 Å². The van der Waals surface area contributed by atoms with Crippen LogP contribution in [0.25, 0.3) is 6.08 Å². The molecular weight excluding hydrogens is 260 g/mol. The second-order valence-corrected chi connectivity index (χ2v) is 4.63. The first kappa shape index (κ1) is 14.3. The van der Waals surface area contributed by atoms with Crippen LogP contribution in [-0.2, 0) is 9.53 Å². The largest absolute Gasteiger partial charge is 0.478 e. The number of rotatable bonds is 4. The third-order valence-electron chi connectivity index (χ3n) is 3.11. The third kappa shape index (κ3) is 3.67. The summed E-state index contributed by atoms with van der Waals surface area (Å²) in [6.45, 7) is 3.18. The summed E-state index contributed by atoms with van der Waals surface area (Å²) >= 11 is 0. The van der Waals surface area contributed by atoms with Gasteiger partial charge in [-0.15, -0.1) is 0 Å². The fourth-order valence-electron chi connectivity index (χ4n) is 2.10. The van der Waals surface area contributed by atoms with Crippen LogP contribution in [0.1, 0.15) is 24.1 Å². The summed E-state index contributed by atoms with van der Waals surface area (Å²) in [7, 11) is 0. The number of aryl methyl sites for hydroxylation is 1. The summed E-state index contributed by atoms with van der Waals surface area (Å²) in [5, 5.41) is 12.0. The Balaban J connectivity index is 2.26. The van der Waals surface area contributed by atoms with Gasteiger partial charge >= 0.3 is 5.97 Å². The van der Waals surface area contributed by atoms with Crippen molar-refractivity contribution in [2.75, 3.05) is 24.3 Å². The molecule has 4 N–H and O–H groups in total. The molecule has 0 radical (unpaired) electrons. The maximum absolute atomic E-state index is 10.7. The van der Waals surface area contributed by atoms with Crippen LogP contribution in [-0.4, -0.2) is 40.3 Å². The molecule has 1 aliphatic rings. The Bertz CT molecular complexity index is 525. The zero-order valence-corrected chi connectivity index (χ0v) is 11.3. The Labute approximate surface area is 116 Å². The van der Waals surface area contributed by atoms with Crippen LogP contribution in [0.5, 0.6) is 0 Å². The molecule has 2 rings (SSSR count). The summed E-state index contributed by atoms with van der Waals surface area (Å²) in [6.07, 6.45) is 4.31. The topological polar surface area (TPSA) is 110 Å². The molecule has 1 fully saturated rings. The number of aliphatic carboxylic acids is 1. The number of carboxylic acids is 1. The van der Waals surface area contributed by atoms with Crippen LogP contribution in [0, 0.1) is 6.92 Å². The van der Waals surface area contributed by atoms with E-state index in [4.69, 9.17) is 15.6 Å². The van der Waals surface area contributed by atoms with Gasteiger partial charge in [0.1, 0.15) is 5.82 Å². The zero-order chi connectivity index (χ0) is 14.5. The molecule has 2 heterocycles. The lowest BCUT2D eigenvalue weighted by Gasteiger charge is -2.24. The van der Waals surface area contributed by atoms with Gasteiger partial charge in [0.05, 0.1) is 5.69 Å². The highest BCUT2D eigenvalue weighted by atomic mass is 16.5. The van der Waals surface area contributed by atoms with Crippen molar-refractivity contribution < 1.29 is 14.6 Å². The molecule has 7 nitrogen and oxygen atoms in total. The minimum absolute atomic E-state index is 0.171. The summed E-state index contributed by atoms with van der Waals surface area (Å²) in [5.74, 6) is -0.276. The molecule has 0 bridgehead atoms. The van der Waals surface area contributed by atoms with E-state index in [0.29, 0.717) is 30.3 Å². The van der Waals surface area contributed by atoms with Crippen molar-refractivity contribution in [3.05, 3.63) is 17.3 Å². The smallest absolute Gasteiger partial charge is 0.328 e. The van der Waals surface area contributed by atoms with Crippen LogP contribution in [0.2, 0.25) is 0 Å². The number of carbonyl (C=O) groups is 1. The summed E-state index contributed by atoms with van der Waals surface area (Å²) in [4.78, 5) is 18.9. The lowest BCUT2D eigenvalue weighted by molar-refractivity contribution is -0.131. The maximum atomic E-state index is 10.7. The fraction of sp³-hybridized carbons (Fsp3) is 0.462. The van der Waals surface area contributed by atoms with Crippen molar-refractivity contribution in [1.29, 1.82) is 0 Å². The zero-order valence-electron chi connectivity index (χ0n) is 11.3. The monoisotopic (exact) mass is 278 g/mol. The van der Waals surface area contributed by atoms with E-state index in [0.717, 1.165) is 18.9 Å². The second kappa shape index (κ2) is 6.33. The quantitative estimate of drug-likeness (QED) is 0.706. The lowest BCUT2D eigenvalue weighted by atomic mass is 10.1. The average molecular weight is 278 g/mol. The predicted octanol–water partition coefficient (Wildman–Crippen LogP) is 1.06. The molecule has 0 saturated carbocycles. The number of hydrogen-bond acceptors (Lipinski definition) is 6. The van der Waals surface area contributed by atoms with Crippen molar-refractivity contribution >= 4 is 23.8 Å². The Hall–Kier alpha value is -2.15. The maximum Gasteiger partial charge on any atom is 0.328 e. The van der Waals surface area contributed by atoms with Crippen LogP contribution in [0.15, 0.2) is 6.08 Å². The van der Waals surface area contributed by atoms with Gasteiger partial charge in [0, 0.05) is 30.9 Å². The van der Waals surface area contributed by atoms with Gasteiger partial charge in [-0.1, -0.05) is 0 Å². The minimum atomic E-state index is -1.02. The first-order chi connectivity index (χ1) is 9.56. The van der Waals surface area contributed by atoms with E-state index >= 15 is 0 Å². The van der Waals surface area contributed by atoms with Gasteiger partial charge in [0.25, 0.3) is 0 Å². The highest BCUT2D eigenvalue weighted by molar-refractivity contribution is 5.86. The molecule has 1 saturated heterocycles. The SMILES string of the molecule is Cc1nc(N)nc(NC2CCOCC2)c1C=CC(=O)O. The molecule has 7 heteroatoms. The van der Waals surface area contributed by atoms with Crippen LogP contribution in [0.4, 0.5) is 11.8 Å². The van der Waals surface area contributed by atoms with Gasteiger partial charge in [-0.05, 0) is 25.8 Å². The second-order valence-electron chi connectivity index (χ2n) is 4.63. The van der Waals surface area contributed by atoms with Crippen molar-refractivity contribution in [3.63, 3.8) is 0 Å². The van der Waals surface area contributed by atoms with Crippen molar-refractivity contribution in [2.45, 2.75) is 25.8 Å². The fourth-order valence-corrected chi connectivity index (χ4v) is 2.10. The van der Waals surface area contributed by atoms with E-state index in [1.54, 1.807) is 6.92 Å². The molecule has 108 valence electrons. The number of ether oxygens (including phenoxy) is 1. The average Bonchev–Trinajstić information content (AvgIpc) is 2.38. The van der Waals surface area contributed by atoms with Gasteiger partial charge in [-0.25, -0.2) is 9.78 Å². The van der Waals surface area contributed by atoms with Gasteiger partial charge in [0.2, 0.25) is 5.95 Å². The van der Waals surface area contributed by atoms with Gasteiger partial charge < -0.3 is 20.9 Å². The highest BCUT2D eigenvalue weighted by Gasteiger charge is 2.17. The number of nitrogens with one attached hydrogen (secondary N) is 1. The molecule has 1 aliphatic heterocycles. The van der Waals surface area contributed by atoms with E-state index in [1.807, 2.05) is 0 Å². The molecule has 0 spiro atoms. The van der Waals surface area contributed by atoms with E-state index < -0.39 is 5.97 Å². The summed E-state index contributed by atoms with van der Waals surface area (Å²) in [5.41, 5.74) is 6.95. The van der Waals surface area contributed by atoms with Gasteiger partial charge in [-0.2, -0.15) is 4.98 Å². The normalized spacial score (nSPS) is 16.4. The summed E-state index contributed by atoms with van der Waals surface area (Å²) in [6, 6.07) is 0.245. The van der Waals surface area contributed by atoms with E-state index in [2.05, 4.69) is 15.3 Å². The van der Waals surface area contributed by atoms with Gasteiger partial charge in [0.15, 0.2) is 0 Å². The Morgan fingerprint density at radius 2 is 2.15 bits per heavy atom. The van der Waals surface area contributed by atoms with Crippen molar-refractivity contribution in [2.24, 2.45) is 0 Å². The Morgan fingerprint density at radius 1 is 1.45 bits per heavy atom. The third-order valence-corrected chi connectivity index (χ3v) is 3.11. The Morgan fingerprint density at radius 3 is 2.80 bits per heavy atom. The van der Waals surface area contributed by atoms with Crippen molar-refractivity contribution in [3.8, 4) is 0 Å². The number of aromatic nitrogens is 2. The molecule has 1 aromatic rings. The number of nitrogen functional groups attached to an aromatic ring is 1. The number of hydrogen-bond donors (Lipinski definition) is 3. The van der Waals surface area contributed by atoms with E-state index in [-0.39, 0.29) is 12.0 Å².